The molecule has 0 spiro atoms. The zero-order valence-corrected chi connectivity index (χ0v) is 6.97. The van der Waals surface area contributed by atoms with E-state index in [0.717, 1.165) is 16.9 Å². The van der Waals surface area contributed by atoms with E-state index in [4.69, 9.17) is 18.0 Å². The Balaban J connectivity index is 2.62. The zero-order valence-electron chi connectivity index (χ0n) is 6.16. The molecular weight excluding hydrogens is 158 g/mol. The average molecular weight is 169 g/mol. The molecule has 1 aliphatic carbocycles. The van der Waals surface area contributed by atoms with Crippen LogP contribution in [-0.2, 0) is 0 Å². The summed E-state index contributed by atoms with van der Waals surface area (Å²) < 4.78 is 0. The van der Waals surface area contributed by atoms with Crippen molar-refractivity contribution >= 4 is 17.1 Å². The van der Waals surface area contributed by atoms with Crippen LogP contribution < -0.4 is 5.73 Å². The number of aliphatic hydroxyl groups excluding tert-OH is 1. The molecule has 3 N–H and O–H groups in total. The third-order valence-electron chi connectivity index (χ3n) is 1.61. The van der Waals surface area contributed by atoms with E-state index in [1.54, 1.807) is 0 Å². The summed E-state index contributed by atoms with van der Waals surface area (Å²) >= 11 is 4.94. The number of aliphatic hydroxyl groups is 1. The summed E-state index contributed by atoms with van der Waals surface area (Å²) in [4.78, 5) is 0.901. The van der Waals surface area contributed by atoms with E-state index in [1.807, 2.05) is 18.2 Å². The van der Waals surface area contributed by atoms with Crippen molar-refractivity contribution in [2.75, 3.05) is 6.54 Å². The number of rotatable bonds is 2. The van der Waals surface area contributed by atoms with Crippen LogP contribution in [0.15, 0.2) is 23.8 Å². The SMILES string of the molecule is NCC(O)C1=CCC(=S)C=C1. The van der Waals surface area contributed by atoms with Crippen LogP contribution in [-0.4, -0.2) is 22.6 Å². The Morgan fingerprint density at radius 2 is 2.36 bits per heavy atom. The van der Waals surface area contributed by atoms with Gasteiger partial charge in [0.15, 0.2) is 0 Å². The minimum atomic E-state index is -0.533. The van der Waals surface area contributed by atoms with Crippen molar-refractivity contribution < 1.29 is 5.11 Å². The Hall–Kier alpha value is -0.510. The second-order valence-corrected chi connectivity index (χ2v) is 2.98. The van der Waals surface area contributed by atoms with Crippen molar-refractivity contribution in [2.45, 2.75) is 12.5 Å². The van der Waals surface area contributed by atoms with Gasteiger partial charge in [-0.2, -0.15) is 0 Å². The lowest BCUT2D eigenvalue weighted by Crippen LogP contribution is -2.22. The van der Waals surface area contributed by atoms with Gasteiger partial charge in [0.05, 0.1) is 6.10 Å². The molecule has 2 nitrogen and oxygen atoms in total. The van der Waals surface area contributed by atoms with Gasteiger partial charge in [-0.15, -0.1) is 0 Å². The predicted octanol–water partition coefficient (Wildman–Crippen LogP) is 0.562. The number of thiocarbonyl (C=S) groups is 1. The van der Waals surface area contributed by atoms with Crippen LogP contribution in [0, 0.1) is 0 Å². The summed E-state index contributed by atoms with van der Waals surface area (Å²) in [5.41, 5.74) is 6.16. The molecule has 0 saturated carbocycles. The van der Waals surface area contributed by atoms with Crippen LogP contribution in [0.3, 0.4) is 0 Å². The lowest BCUT2D eigenvalue weighted by atomic mass is 10.0. The summed E-state index contributed by atoms with van der Waals surface area (Å²) in [5.74, 6) is 0. The lowest BCUT2D eigenvalue weighted by molar-refractivity contribution is 0.222. The molecule has 60 valence electrons. The van der Waals surface area contributed by atoms with E-state index in [0.29, 0.717) is 0 Å². The molecule has 0 saturated heterocycles. The fourth-order valence-electron chi connectivity index (χ4n) is 0.927. The molecule has 0 heterocycles. The van der Waals surface area contributed by atoms with E-state index in [9.17, 15) is 5.11 Å². The fraction of sp³-hybridized carbons (Fsp3) is 0.375. The van der Waals surface area contributed by atoms with Crippen molar-refractivity contribution in [3.8, 4) is 0 Å². The topological polar surface area (TPSA) is 46.2 Å². The molecule has 0 fully saturated rings. The smallest absolute Gasteiger partial charge is 0.0909 e. The maximum atomic E-state index is 9.28. The molecule has 0 aromatic rings. The highest BCUT2D eigenvalue weighted by atomic mass is 32.1. The first kappa shape index (κ1) is 8.59. The van der Waals surface area contributed by atoms with Gasteiger partial charge in [0, 0.05) is 17.8 Å². The van der Waals surface area contributed by atoms with Crippen molar-refractivity contribution in [3.05, 3.63) is 23.8 Å². The highest BCUT2D eigenvalue weighted by molar-refractivity contribution is 7.80. The third kappa shape index (κ3) is 2.22. The van der Waals surface area contributed by atoms with Gasteiger partial charge in [0.25, 0.3) is 0 Å². The monoisotopic (exact) mass is 169 g/mol. The van der Waals surface area contributed by atoms with Crippen molar-refractivity contribution in [2.24, 2.45) is 5.73 Å². The molecule has 3 heteroatoms. The molecule has 0 aromatic carbocycles. The molecule has 0 amide bonds. The summed E-state index contributed by atoms with van der Waals surface area (Å²) in [6, 6.07) is 0. The standard InChI is InChI=1S/C8H11NOS/c9-5-8(10)6-1-3-7(11)4-2-6/h1-3,8,10H,4-5,9H2. The summed E-state index contributed by atoms with van der Waals surface area (Å²) in [6.07, 6.45) is 5.79. The fourth-order valence-corrected chi connectivity index (χ4v) is 1.08. The van der Waals surface area contributed by atoms with E-state index < -0.39 is 6.10 Å². The van der Waals surface area contributed by atoms with Crippen LogP contribution in [0.2, 0.25) is 0 Å². The highest BCUT2D eigenvalue weighted by Gasteiger charge is 2.08. The van der Waals surface area contributed by atoms with Gasteiger partial charge in [-0.25, -0.2) is 0 Å². The molecule has 0 aromatic heterocycles. The van der Waals surface area contributed by atoms with E-state index in [1.165, 1.54) is 0 Å². The van der Waals surface area contributed by atoms with Crippen LogP contribution in [0.25, 0.3) is 0 Å². The summed E-state index contributed by atoms with van der Waals surface area (Å²) in [6.45, 7) is 0.267. The molecule has 0 aliphatic heterocycles. The molecule has 0 radical (unpaired) electrons. The van der Waals surface area contributed by atoms with E-state index in [2.05, 4.69) is 0 Å². The number of allylic oxidation sites excluding steroid dienone is 2. The second kappa shape index (κ2) is 3.76. The summed E-state index contributed by atoms with van der Waals surface area (Å²) in [7, 11) is 0. The molecular formula is C8H11NOS. The first-order valence-corrected chi connectivity index (χ1v) is 3.94. The van der Waals surface area contributed by atoms with Crippen molar-refractivity contribution in [1.29, 1.82) is 0 Å². The van der Waals surface area contributed by atoms with Crippen LogP contribution in [0.5, 0.6) is 0 Å². The number of hydrogen-bond donors (Lipinski definition) is 2. The van der Waals surface area contributed by atoms with Gasteiger partial charge in [-0.3, -0.25) is 0 Å². The molecule has 11 heavy (non-hydrogen) atoms. The normalized spacial score (nSPS) is 19.8. The Kier molecular flexibility index (Phi) is 2.93. The van der Waals surface area contributed by atoms with Gasteiger partial charge in [-0.1, -0.05) is 24.4 Å². The van der Waals surface area contributed by atoms with Gasteiger partial charge in [0.1, 0.15) is 0 Å². The maximum absolute atomic E-state index is 9.28. The van der Waals surface area contributed by atoms with Gasteiger partial charge >= 0.3 is 0 Å². The number of nitrogens with two attached hydrogens (primary N) is 1. The second-order valence-electron chi connectivity index (χ2n) is 2.46. The van der Waals surface area contributed by atoms with Crippen molar-refractivity contribution in [3.63, 3.8) is 0 Å². The Morgan fingerprint density at radius 1 is 1.64 bits per heavy atom. The van der Waals surface area contributed by atoms with Crippen LogP contribution >= 0.6 is 12.2 Å². The minimum absolute atomic E-state index is 0.267. The largest absolute Gasteiger partial charge is 0.387 e. The van der Waals surface area contributed by atoms with E-state index in [-0.39, 0.29) is 6.54 Å². The lowest BCUT2D eigenvalue weighted by Gasteiger charge is -2.11. The van der Waals surface area contributed by atoms with Crippen molar-refractivity contribution in [1.82, 2.24) is 0 Å². The quantitative estimate of drug-likeness (QED) is 0.594. The summed E-state index contributed by atoms with van der Waals surface area (Å²) in [5, 5.41) is 9.28. The Labute approximate surface area is 71.4 Å². The highest BCUT2D eigenvalue weighted by Crippen LogP contribution is 2.11. The first-order valence-electron chi connectivity index (χ1n) is 3.53. The number of hydrogen-bond acceptors (Lipinski definition) is 3. The molecule has 0 bridgehead atoms. The van der Waals surface area contributed by atoms with Gasteiger partial charge in [-0.05, 0) is 11.6 Å². The van der Waals surface area contributed by atoms with Gasteiger partial charge in [0.2, 0.25) is 0 Å². The molecule has 1 aliphatic rings. The minimum Gasteiger partial charge on any atom is -0.387 e. The Bertz CT molecular complexity index is 220. The average Bonchev–Trinajstić information content (AvgIpc) is 2.05. The predicted molar refractivity (Wildman–Crippen MR) is 49.5 cm³/mol. The van der Waals surface area contributed by atoms with Gasteiger partial charge < -0.3 is 10.8 Å². The zero-order chi connectivity index (χ0) is 8.27. The third-order valence-corrected chi connectivity index (χ3v) is 1.91. The molecule has 1 atom stereocenters. The first-order chi connectivity index (χ1) is 5.24. The van der Waals surface area contributed by atoms with Crippen LogP contribution in [0.4, 0.5) is 0 Å². The Morgan fingerprint density at radius 3 is 2.82 bits per heavy atom. The molecule has 1 unspecified atom stereocenters. The maximum Gasteiger partial charge on any atom is 0.0909 e. The molecule has 1 rings (SSSR count). The van der Waals surface area contributed by atoms with Crippen LogP contribution in [0.1, 0.15) is 6.42 Å². The van der Waals surface area contributed by atoms with E-state index >= 15 is 0 Å².